The number of amides is 1. The minimum Gasteiger partial charge on any atom is -0.381 e. The van der Waals surface area contributed by atoms with Crippen LogP contribution in [0.2, 0.25) is 0 Å². The molecule has 0 radical (unpaired) electrons. The maximum absolute atomic E-state index is 12.8. The molecule has 3 rings (SSSR count). The Morgan fingerprint density at radius 2 is 1.70 bits per heavy atom. The summed E-state index contributed by atoms with van der Waals surface area (Å²) in [5.74, 6) is 0.104. The molecular weight excluding hydrogens is 402 g/mol. The molecule has 3 nitrogen and oxygen atoms in total. The maximum atomic E-state index is 12.8. The minimum absolute atomic E-state index is 0.0501. The average molecular weight is 430 g/mol. The molecule has 0 aromatic heterocycles. The number of benzene rings is 2. The van der Waals surface area contributed by atoms with Crippen molar-refractivity contribution in [3.63, 3.8) is 0 Å². The van der Waals surface area contributed by atoms with E-state index >= 15 is 0 Å². The van der Waals surface area contributed by atoms with Crippen LogP contribution in [0.25, 0.3) is 0 Å². The minimum atomic E-state index is -0.189. The number of ether oxygens (including phenoxy) is 1. The molecule has 144 valence electrons. The molecule has 1 amide bonds. The van der Waals surface area contributed by atoms with Crippen molar-refractivity contribution in [2.45, 2.75) is 43.9 Å². The Bertz CT molecular complexity index is 750. The van der Waals surface area contributed by atoms with Gasteiger partial charge in [0, 0.05) is 36.1 Å². The second kappa shape index (κ2) is 8.57. The Balaban J connectivity index is 1.68. The fourth-order valence-corrected chi connectivity index (χ4v) is 4.12. The molecule has 1 saturated heterocycles. The number of halogens is 1. The Hall–Kier alpha value is -1.65. The molecule has 1 aliphatic rings. The Labute approximate surface area is 170 Å². The van der Waals surface area contributed by atoms with Crippen molar-refractivity contribution in [2.75, 3.05) is 19.8 Å². The number of hydrogen-bond acceptors (Lipinski definition) is 2. The standard InChI is InChI=1S/C23H28BrNO2/c1-22(2,18-6-4-3-5-7-18)16-21(26)25-17-23(12-14-27-15-13-23)19-8-10-20(24)11-9-19/h3-11H,12-17H2,1-2H3,(H,25,26). The average Bonchev–Trinajstić information content (AvgIpc) is 2.68. The first-order valence-corrected chi connectivity index (χ1v) is 10.4. The van der Waals surface area contributed by atoms with Crippen LogP contribution in [0.5, 0.6) is 0 Å². The molecule has 1 fully saturated rings. The van der Waals surface area contributed by atoms with Crippen LogP contribution < -0.4 is 5.32 Å². The summed E-state index contributed by atoms with van der Waals surface area (Å²) in [7, 11) is 0. The molecule has 0 saturated carbocycles. The van der Waals surface area contributed by atoms with Crippen molar-refractivity contribution in [1.82, 2.24) is 5.32 Å². The number of carbonyl (C=O) groups excluding carboxylic acids is 1. The summed E-state index contributed by atoms with van der Waals surface area (Å²) in [6.07, 6.45) is 2.33. The third-order valence-electron chi connectivity index (χ3n) is 5.69. The van der Waals surface area contributed by atoms with E-state index in [1.165, 1.54) is 11.1 Å². The highest BCUT2D eigenvalue weighted by Gasteiger charge is 2.35. The molecule has 1 heterocycles. The van der Waals surface area contributed by atoms with Gasteiger partial charge in [-0.1, -0.05) is 72.2 Å². The lowest BCUT2D eigenvalue weighted by Crippen LogP contribution is -2.45. The molecule has 4 heteroatoms. The topological polar surface area (TPSA) is 38.3 Å². The van der Waals surface area contributed by atoms with Crippen LogP contribution in [-0.4, -0.2) is 25.7 Å². The van der Waals surface area contributed by atoms with Gasteiger partial charge >= 0.3 is 0 Å². The Morgan fingerprint density at radius 3 is 2.33 bits per heavy atom. The smallest absolute Gasteiger partial charge is 0.220 e. The van der Waals surface area contributed by atoms with Gasteiger partial charge in [-0.2, -0.15) is 0 Å². The molecule has 1 aliphatic heterocycles. The van der Waals surface area contributed by atoms with E-state index in [0.29, 0.717) is 13.0 Å². The summed E-state index contributed by atoms with van der Waals surface area (Å²) in [5, 5.41) is 3.23. The summed E-state index contributed by atoms with van der Waals surface area (Å²) in [5.41, 5.74) is 2.22. The second-order valence-electron chi connectivity index (χ2n) is 8.10. The molecule has 0 unspecified atom stereocenters. The van der Waals surface area contributed by atoms with E-state index in [9.17, 15) is 4.79 Å². The van der Waals surface area contributed by atoms with E-state index in [1.54, 1.807) is 0 Å². The van der Waals surface area contributed by atoms with Crippen LogP contribution in [0.1, 0.15) is 44.2 Å². The van der Waals surface area contributed by atoms with Gasteiger partial charge in [0.15, 0.2) is 0 Å². The molecule has 2 aromatic carbocycles. The van der Waals surface area contributed by atoms with Gasteiger partial charge in [-0.15, -0.1) is 0 Å². The fraction of sp³-hybridized carbons (Fsp3) is 0.435. The number of carbonyl (C=O) groups is 1. The van der Waals surface area contributed by atoms with Crippen LogP contribution in [-0.2, 0) is 20.4 Å². The van der Waals surface area contributed by atoms with Crippen LogP contribution in [0.4, 0.5) is 0 Å². The Morgan fingerprint density at radius 1 is 1.07 bits per heavy atom. The maximum Gasteiger partial charge on any atom is 0.220 e. The third-order valence-corrected chi connectivity index (χ3v) is 6.22. The highest BCUT2D eigenvalue weighted by molar-refractivity contribution is 9.10. The van der Waals surface area contributed by atoms with Gasteiger partial charge in [0.2, 0.25) is 5.91 Å². The van der Waals surface area contributed by atoms with Crippen molar-refractivity contribution < 1.29 is 9.53 Å². The van der Waals surface area contributed by atoms with Gasteiger partial charge in [0.1, 0.15) is 0 Å². The predicted molar refractivity (Wildman–Crippen MR) is 113 cm³/mol. The van der Waals surface area contributed by atoms with Crippen LogP contribution in [0.15, 0.2) is 59.1 Å². The predicted octanol–water partition coefficient (Wildman–Crippen LogP) is 4.98. The van der Waals surface area contributed by atoms with Crippen molar-refractivity contribution in [3.05, 3.63) is 70.2 Å². The van der Waals surface area contributed by atoms with E-state index in [2.05, 4.69) is 71.5 Å². The summed E-state index contributed by atoms with van der Waals surface area (Å²) in [4.78, 5) is 12.8. The summed E-state index contributed by atoms with van der Waals surface area (Å²) < 4.78 is 6.66. The highest BCUT2D eigenvalue weighted by Crippen LogP contribution is 2.35. The van der Waals surface area contributed by atoms with Crippen molar-refractivity contribution in [3.8, 4) is 0 Å². The van der Waals surface area contributed by atoms with E-state index in [0.717, 1.165) is 30.5 Å². The van der Waals surface area contributed by atoms with E-state index in [4.69, 9.17) is 4.74 Å². The molecule has 0 aliphatic carbocycles. The van der Waals surface area contributed by atoms with E-state index < -0.39 is 0 Å². The molecule has 2 aromatic rings. The van der Waals surface area contributed by atoms with Gasteiger partial charge in [0.25, 0.3) is 0 Å². The van der Waals surface area contributed by atoms with Gasteiger partial charge in [-0.25, -0.2) is 0 Å². The molecule has 27 heavy (non-hydrogen) atoms. The summed E-state index contributed by atoms with van der Waals surface area (Å²) in [6, 6.07) is 18.7. The first kappa shape index (κ1) is 20.1. The molecule has 0 atom stereocenters. The summed E-state index contributed by atoms with van der Waals surface area (Å²) >= 11 is 3.51. The largest absolute Gasteiger partial charge is 0.381 e. The zero-order valence-electron chi connectivity index (χ0n) is 16.1. The zero-order valence-corrected chi connectivity index (χ0v) is 17.7. The van der Waals surface area contributed by atoms with Gasteiger partial charge in [0.05, 0.1) is 0 Å². The Kier molecular flexibility index (Phi) is 6.38. The monoisotopic (exact) mass is 429 g/mol. The fourth-order valence-electron chi connectivity index (χ4n) is 3.86. The number of rotatable bonds is 6. The first-order chi connectivity index (χ1) is 12.9. The van der Waals surface area contributed by atoms with Crippen molar-refractivity contribution in [1.29, 1.82) is 0 Å². The zero-order chi connectivity index (χ0) is 19.3. The molecule has 0 bridgehead atoms. The van der Waals surface area contributed by atoms with Crippen LogP contribution >= 0.6 is 15.9 Å². The van der Waals surface area contributed by atoms with Crippen LogP contribution in [0, 0.1) is 0 Å². The normalized spacial score (nSPS) is 16.7. The number of nitrogens with one attached hydrogen (secondary N) is 1. The van der Waals surface area contributed by atoms with Gasteiger partial charge < -0.3 is 10.1 Å². The van der Waals surface area contributed by atoms with E-state index in [1.807, 2.05) is 18.2 Å². The van der Waals surface area contributed by atoms with Gasteiger partial charge in [-0.3, -0.25) is 4.79 Å². The summed E-state index contributed by atoms with van der Waals surface area (Å²) in [6.45, 7) is 6.38. The third kappa shape index (κ3) is 4.99. The highest BCUT2D eigenvalue weighted by atomic mass is 79.9. The van der Waals surface area contributed by atoms with Crippen molar-refractivity contribution in [2.24, 2.45) is 0 Å². The van der Waals surface area contributed by atoms with E-state index in [-0.39, 0.29) is 16.7 Å². The second-order valence-corrected chi connectivity index (χ2v) is 9.02. The van der Waals surface area contributed by atoms with Crippen LogP contribution in [0.3, 0.4) is 0 Å². The number of hydrogen-bond donors (Lipinski definition) is 1. The quantitative estimate of drug-likeness (QED) is 0.702. The molecular formula is C23H28BrNO2. The lowest BCUT2D eigenvalue weighted by molar-refractivity contribution is -0.122. The lowest BCUT2D eigenvalue weighted by Gasteiger charge is -2.38. The molecule has 1 N–H and O–H groups in total. The van der Waals surface area contributed by atoms with Gasteiger partial charge in [-0.05, 0) is 41.5 Å². The first-order valence-electron chi connectivity index (χ1n) is 9.57. The SMILES string of the molecule is CC(C)(CC(=O)NCC1(c2ccc(Br)cc2)CCOCC1)c1ccccc1. The lowest BCUT2D eigenvalue weighted by atomic mass is 9.74. The van der Waals surface area contributed by atoms with Crippen molar-refractivity contribution >= 4 is 21.8 Å². The molecule has 0 spiro atoms.